The zero-order chi connectivity index (χ0) is 9.64. The van der Waals surface area contributed by atoms with Crippen LogP contribution in [0.5, 0.6) is 0 Å². The first-order valence-electron chi connectivity index (χ1n) is 3.86. The normalized spacial score (nSPS) is 25.6. The van der Waals surface area contributed by atoms with Crippen molar-refractivity contribution < 1.29 is 14.3 Å². The first-order chi connectivity index (χ1) is 6.03. The lowest BCUT2D eigenvalue weighted by Crippen LogP contribution is -2.30. The third kappa shape index (κ3) is 0.954. The van der Waals surface area contributed by atoms with E-state index in [1.54, 1.807) is 6.07 Å². The Kier molecular flexibility index (Phi) is 1.44. The Morgan fingerprint density at radius 1 is 1.54 bits per heavy atom. The van der Waals surface area contributed by atoms with Crippen molar-refractivity contribution >= 4 is 11.6 Å². The maximum atomic E-state index is 13.2. The zero-order valence-electron chi connectivity index (χ0n) is 6.97. The number of fused-ring (bicyclic) bond motifs is 1. The van der Waals surface area contributed by atoms with Gasteiger partial charge in [-0.3, -0.25) is 4.79 Å². The number of amides is 1. The largest absolute Gasteiger partial charge is 0.375 e. The number of hydrogen-bond donors (Lipinski definition) is 2. The highest BCUT2D eigenvalue weighted by Gasteiger charge is 2.42. The Morgan fingerprint density at radius 3 is 2.85 bits per heavy atom. The van der Waals surface area contributed by atoms with Gasteiger partial charge in [0.2, 0.25) is 0 Å². The first-order valence-corrected chi connectivity index (χ1v) is 3.86. The van der Waals surface area contributed by atoms with Crippen LogP contribution in [0.25, 0.3) is 0 Å². The Bertz CT molecular complexity index is 387. The number of halogens is 1. The molecule has 13 heavy (non-hydrogen) atoms. The third-order valence-electron chi connectivity index (χ3n) is 2.19. The molecule has 0 radical (unpaired) electrons. The minimum Gasteiger partial charge on any atom is -0.375 e. The van der Waals surface area contributed by atoms with Gasteiger partial charge in [-0.05, 0) is 19.1 Å². The molecule has 0 aromatic heterocycles. The highest BCUT2D eigenvalue weighted by atomic mass is 19.1. The van der Waals surface area contributed by atoms with Crippen LogP contribution >= 0.6 is 0 Å². The van der Waals surface area contributed by atoms with Gasteiger partial charge in [0.05, 0.1) is 11.3 Å². The molecule has 1 amide bonds. The summed E-state index contributed by atoms with van der Waals surface area (Å²) >= 11 is 0. The highest BCUT2D eigenvalue weighted by molar-refractivity contribution is 6.04. The molecule has 2 rings (SSSR count). The van der Waals surface area contributed by atoms with Gasteiger partial charge in [-0.2, -0.15) is 0 Å². The van der Waals surface area contributed by atoms with Crippen molar-refractivity contribution in [3.8, 4) is 0 Å². The lowest BCUT2D eigenvalue weighted by Gasteiger charge is -2.13. The summed E-state index contributed by atoms with van der Waals surface area (Å²) in [5.41, 5.74) is -1.38. The van der Waals surface area contributed by atoms with Crippen molar-refractivity contribution in [1.82, 2.24) is 0 Å². The SMILES string of the molecule is CC1(O)C(=O)Nc2cccc(F)c21. The molecule has 1 heterocycles. The van der Waals surface area contributed by atoms with Gasteiger partial charge in [-0.1, -0.05) is 6.07 Å². The fraction of sp³-hybridized carbons (Fsp3) is 0.222. The summed E-state index contributed by atoms with van der Waals surface area (Å²) in [5.74, 6) is -1.16. The predicted octanol–water partition coefficient (Wildman–Crippen LogP) is 0.985. The van der Waals surface area contributed by atoms with Gasteiger partial charge < -0.3 is 10.4 Å². The van der Waals surface area contributed by atoms with Crippen LogP contribution in [0.2, 0.25) is 0 Å². The Labute approximate surface area is 74.2 Å². The van der Waals surface area contributed by atoms with Crippen molar-refractivity contribution in [3.63, 3.8) is 0 Å². The molecular formula is C9H8FNO2. The van der Waals surface area contributed by atoms with E-state index in [1.165, 1.54) is 19.1 Å². The molecule has 1 aromatic rings. The Morgan fingerprint density at radius 2 is 2.23 bits per heavy atom. The van der Waals surface area contributed by atoms with E-state index in [2.05, 4.69) is 5.32 Å². The molecule has 4 heteroatoms. The van der Waals surface area contributed by atoms with E-state index in [0.717, 1.165) is 0 Å². The van der Waals surface area contributed by atoms with Crippen LogP contribution in [0.4, 0.5) is 10.1 Å². The van der Waals surface area contributed by atoms with E-state index < -0.39 is 17.3 Å². The van der Waals surface area contributed by atoms with Crippen molar-refractivity contribution in [2.75, 3.05) is 5.32 Å². The molecule has 0 spiro atoms. The lowest BCUT2D eigenvalue weighted by molar-refractivity contribution is -0.132. The molecule has 68 valence electrons. The van der Waals surface area contributed by atoms with Gasteiger partial charge in [0.15, 0.2) is 5.60 Å². The maximum absolute atomic E-state index is 13.2. The maximum Gasteiger partial charge on any atom is 0.260 e. The van der Waals surface area contributed by atoms with Gasteiger partial charge in [0.1, 0.15) is 5.82 Å². The number of rotatable bonds is 0. The second-order valence-corrected chi connectivity index (χ2v) is 3.19. The van der Waals surface area contributed by atoms with Gasteiger partial charge in [0, 0.05) is 0 Å². The number of aliphatic hydroxyl groups is 1. The molecule has 1 aromatic carbocycles. The van der Waals surface area contributed by atoms with Crippen LogP contribution < -0.4 is 5.32 Å². The van der Waals surface area contributed by atoms with Crippen LogP contribution in [0.15, 0.2) is 18.2 Å². The van der Waals surface area contributed by atoms with Gasteiger partial charge in [-0.15, -0.1) is 0 Å². The van der Waals surface area contributed by atoms with Crippen LogP contribution in [-0.2, 0) is 10.4 Å². The predicted molar refractivity (Wildman–Crippen MR) is 44.6 cm³/mol. The molecule has 0 saturated heterocycles. The van der Waals surface area contributed by atoms with E-state index in [0.29, 0.717) is 5.69 Å². The van der Waals surface area contributed by atoms with E-state index in [4.69, 9.17) is 0 Å². The zero-order valence-corrected chi connectivity index (χ0v) is 6.97. The van der Waals surface area contributed by atoms with Gasteiger partial charge in [-0.25, -0.2) is 4.39 Å². The smallest absolute Gasteiger partial charge is 0.260 e. The minimum atomic E-state index is -1.75. The first kappa shape index (κ1) is 8.19. The minimum absolute atomic E-state index is 0.0278. The average molecular weight is 181 g/mol. The van der Waals surface area contributed by atoms with Crippen LogP contribution in [0.1, 0.15) is 12.5 Å². The Hall–Kier alpha value is -1.42. The molecule has 0 bridgehead atoms. The third-order valence-corrected chi connectivity index (χ3v) is 2.19. The fourth-order valence-corrected chi connectivity index (χ4v) is 1.48. The van der Waals surface area contributed by atoms with Gasteiger partial charge >= 0.3 is 0 Å². The number of carbonyl (C=O) groups is 1. The second kappa shape index (κ2) is 2.29. The molecular weight excluding hydrogens is 173 g/mol. The van der Waals surface area contributed by atoms with Crippen molar-refractivity contribution in [3.05, 3.63) is 29.6 Å². The standard InChI is InChI=1S/C9H8FNO2/c1-9(13)7-5(10)3-2-4-6(7)11-8(9)12/h2-4,13H,1H3,(H,11,12). The van der Waals surface area contributed by atoms with Crippen LogP contribution in [-0.4, -0.2) is 11.0 Å². The molecule has 1 atom stereocenters. The molecule has 1 aliphatic rings. The van der Waals surface area contributed by atoms with Crippen LogP contribution in [0.3, 0.4) is 0 Å². The van der Waals surface area contributed by atoms with E-state index in [1.807, 2.05) is 0 Å². The number of carbonyl (C=O) groups excluding carboxylic acids is 1. The average Bonchev–Trinajstić information content (AvgIpc) is 2.24. The molecule has 1 aliphatic heterocycles. The quantitative estimate of drug-likeness (QED) is 0.627. The summed E-state index contributed by atoms with van der Waals surface area (Å²) in [7, 11) is 0. The summed E-state index contributed by atoms with van der Waals surface area (Å²) < 4.78 is 13.2. The summed E-state index contributed by atoms with van der Waals surface area (Å²) in [6.07, 6.45) is 0. The molecule has 0 fully saturated rings. The summed E-state index contributed by atoms with van der Waals surface area (Å²) in [6, 6.07) is 4.25. The molecule has 1 unspecified atom stereocenters. The van der Waals surface area contributed by atoms with E-state index >= 15 is 0 Å². The number of benzene rings is 1. The second-order valence-electron chi connectivity index (χ2n) is 3.19. The summed E-state index contributed by atoms with van der Waals surface area (Å²) in [4.78, 5) is 11.2. The number of anilines is 1. The van der Waals surface area contributed by atoms with Crippen molar-refractivity contribution in [2.45, 2.75) is 12.5 Å². The monoisotopic (exact) mass is 181 g/mol. The molecule has 2 N–H and O–H groups in total. The lowest BCUT2D eigenvalue weighted by atomic mass is 9.97. The number of hydrogen-bond acceptors (Lipinski definition) is 2. The number of nitrogens with one attached hydrogen (secondary N) is 1. The Balaban J connectivity index is 2.70. The van der Waals surface area contributed by atoms with Gasteiger partial charge in [0.25, 0.3) is 5.91 Å². The topological polar surface area (TPSA) is 49.3 Å². The van der Waals surface area contributed by atoms with Crippen LogP contribution in [0, 0.1) is 5.82 Å². The molecule has 0 aliphatic carbocycles. The molecule has 3 nitrogen and oxygen atoms in total. The van der Waals surface area contributed by atoms with Crippen molar-refractivity contribution in [1.29, 1.82) is 0 Å². The van der Waals surface area contributed by atoms with E-state index in [-0.39, 0.29) is 5.56 Å². The summed E-state index contributed by atoms with van der Waals surface area (Å²) in [6.45, 7) is 1.28. The fourth-order valence-electron chi connectivity index (χ4n) is 1.48. The molecule has 0 saturated carbocycles. The highest BCUT2D eigenvalue weighted by Crippen LogP contribution is 2.36. The summed E-state index contributed by atoms with van der Waals surface area (Å²) in [5, 5.41) is 12.0. The van der Waals surface area contributed by atoms with E-state index in [9.17, 15) is 14.3 Å². The van der Waals surface area contributed by atoms with Crippen molar-refractivity contribution in [2.24, 2.45) is 0 Å².